The van der Waals surface area contributed by atoms with Gasteiger partial charge in [-0.15, -0.1) is 0 Å². The number of nitrogens with one attached hydrogen (secondary N) is 1. The van der Waals surface area contributed by atoms with Crippen molar-refractivity contribution >= 4 is 5.84 Å². The predicted octanol–water partition coefficient (Wildman–Crippen LogP) is 3.88. The molecule has 0 aromatic heterocycles. The molecule has 19 heavy (non-hydrogen) atoms. The van der Waals surface area contributed by atoms with E-state index in [1.807, 2.05) is 6.07 Å². The van der Waals surface area contributed by atoms with E-state index in [1.54, 1.807) is 0 Å². The van der Waals surface area contributed by atoms with E-state index in [0.717, 1.165) is 12.3 Å². The summed E-state index contributed by atoms with van der Waals surface area (Å²) in [6.07, 6.45) is 0.951. The van der Waals surface area contributed by atoms with Crippen LogP contribution in [0.5, 0.6) is 0 Å². The Hall–Kier alpha value is -2.09. The van der Waals surface area contributed by atoms with Crippen LogP contribution in [0.15, 0.2) is 65.7 Å². The summed E-state index contributed by atoms with van der Waals surface area (Å²) in [5.41, 5.74) is 2.57. The van der Waals surface area contributed by atoms with Crippen LogP contribution in [-0.4, -0.2) is 5.84 Å². The minimum Gasteiger partial charge on any atom is -0.364 e. The first-order valence-electron chi connectivity index (χ1n) is 6.81. The van der Waals surface area contributed by atoms with Crippen LogP contribution in [0.4, 0.5) is 0 Å². The number of hydrogen-bond donors (Lipinski definition) is 1. The van der Waals surface area contributed by atoms with Gasteiger partial charge in [0.05, 0.1) is 11.9 Å². The van der Waals surface area contributed by atoms with Gasteiger partial charge in [-0.05, 0) is 11.1 Å². The van der Waals surface area contributed by atoms with Gasteiger partial charge >= 0.3 is 0 Å². The Bertz CT molecular complexity index is 560. The minimum absolute atomic E-state index is 0.179. The molecular weight excluding hydrogens is 232 g/mol. The summed E-state index contributed by atoms with van der Waals surface area (Å²) in [7, 11) is 0. The Labute approximate surface area is 114 Å². The van der Waals surface area contributed by atoms with E-state index in [2.05, 4.69) is 66.8 Å². The molecule has 0 amide bonds. The molecule has 0 fully saturated rings. The Morgan fingerprint density at radius 2 is 1.47 bits per heavy atom. The average Bonchev–Trinajstić information content (AvgIpc) is 2.93. The van der Waals surface area contributed by atoms with E-state index < -0.39 is 0 Å². The second kappa shape index (κ2) is 5.27. The van der Waals surface area contributed by atoms with Crippen molar-refractivity contribution in [2.45, 2.75) is 25.4 Å². The van der Waals surface area contributed by atoms with E-state index in [-0.39, 0.29) is 12.1 Å². The van der Waals surface area contributed by atoms with Gasteiger partial charge in [0, 0.05) is 6.42 Å². The van der Waals surface area contributed by atoms with Crippen molar-refractivity contribution in [3.8, 4) is 0 Å². The normalized spacial score (nSPS) is 21.8. The lowest BCUT2D eigenvalue weighted by molar-refractivity contribution is 0.571. The summed E-state index contributed by atoms with van der Waals surface area (Å²) in [6.45, 7) is 2.14. The van der Waals surface area contributed by atoms with Gasteiger partial charge in [0.15, 0.2) is 0 Å². The summed E-state index contributed by atoms with van der Waals surface area (Å²) < 4.78 is 0. The number of nitrogens with zero attached hydrogens (tertiary/aromatic N) is 1. The Kier molecular flexibility index (Phi) is 3.32. The SMILES string of the molecule is CCC1=N[C@H](c2ccccc2)[C@@H](c2ccccc2)N1. The molecule has 1 aliphatic heterocycles. The summed E-state index contributed by atoms with van der Waals surface area (Å²) in [4.78, 5) is 4.84. The molecular formula is C17H18N2. The molecule has 96 valence electrons. The molecule has 1 N–H and O–H groups in total. The highest BCUT2D eigenvalue weighted by molar-refractivity contribution is 5.84. The molecule has 2 aromatic carbocycles. The second-order valence-corrected chi connectivity index (χ2v) is 4.82. The van der Waals surface area contributed by atoms with Crippen LogP contribution < -0.4 is 5.32 Å². The van der Waals surface area contributed by atoms with Crippen LogP contribution in [0.1, 0.15) is 36.6 Å². The fraction of sp³-hybridized carbons (Fsp3) is 0.235. The summed E-state index contributed by atoms with van der Waals surface area (Å²) >= 11 is 0. The Balaban J connectivity index is 1.96. The van der Waals surface area contributed by atoms with E-state index in [0.29, 0.717) is 0 Å². The molecule has 1 aliphatic rings. The van der Waals surface area contributed by atoms with E-state index in [1.165, 1.54) is 11.1 Å². The van der Waals surface area contributed by atoms with Crippen LogP contribution in [0.25, 0.3) is 0 Å². The van der Waals surface area contributed by atoms with Crippen LogP contribution >= 0.6 is 0 Å². The molecule has 0 bridgehead atoms. The molecule has 2 heteroatoms. The minimum atomic E-state index is 0.179. The van der Waals surface area contributed by atoms with Crippen molar-refractivity contribution in [1.29, 1.82) is 0 Å². The van der Waals surface area contributed by atoms with Crippen molar-refractivity contribution in [2.24, 2.45) is 4.99 Å². The zero-order valence-corrected chi connectivity index (χ0v) is 11.1. The quantitative estimate of drug-likeness (QED) is 0.878. The first kappa shape index (κ1) is 12.0. The van der Waals surface area contributed by atoms with Crippen LogP contribution in [-0.2, 0) is 0 Å². The summed E-state index contributed by atoms with van der Waals surface area (Å²) in [5.74, 6) is 1.10. The maximum atomic E-state index is 4.84. The molecule has 3 rings (SSSR count). The molecule has 0 saturated carbocycles. The first-order valence-corrected chi connectivity index (χ1v) is 6.81. The largest absolute Gasteiger partial charge is 0.364 e. The monoisotopic (exact) mass is 250 g/mol. The number of rotatable bonds is 3. The lowest BCUT2D eigenvalue weighted by Gasteiger charge is -2.19. The zero-order valence-electron chi connectivity index (χ0n) is 11.1. The Morgan fingerprint density at radius 1 is 0.895 bits per heavy atom. The fourth-order valence-electron chi connectivity index (χ4n) is 2.57. The topological polar surface area (TPSA) is 24.4 Å². The van der Waals surface area contributed by atoms with Gasteiger partial charge < -0.3 is 5.32 Å². The lowest BCUT2D eigenvalue weighted by atomic mass is 9.95. The van der Waals surface area contributed by atoms with Crippen molar-refractivity contribution < 1.29 is 0 Å². The number of benzene rings is 2. The zero-order chi connectivity index (χ0) is 13.1. The predicted molar refractivity (Wildman–Crippen MR) is 79.2 cm³/mol. The van der Waals surface area contributed by atoms with Crippen molar-refractivity contribution in [1.82, 2.24) is 5.32 Å². The van der Waals surface area contributed by atoms with E-state index in [9.17, 15) is 0 Å². The second-order valence-electron chi connectivity index (χ2n) is 4.82. The van der Waals surface area contributed by atoms with Crippen molar-refractivity contribution in [3.05, 3.63) is 71.8 Å². The first-order chi connectivity index (χ1) is 9.38. The van der Waals surface area contributed by atoms with Crippen LogP contribution in [0.3, 0.4) is 0 Å². The van der Waals surface area contributed by atoms with Gasteiger partial charge in [-0.2, -0.15) is 0 Å². The Morgan fingerprint density at radius 3 is 2.05 bits per heavy atom. The third-order valence-corrected chi connectivity index (χ3v) is 3.57. The highest BCUT2D eigenvalue weighted by Gasteiger charge is 2.30. The fourth-order valence-corrected chi connectivity index (χ4v) is 2.57. The molecule has 0 saturated heterocycles. The van der Waals surface area contributed by atoms with Gasteiger partial charge in [-0.3, -0.25) is 4.99 Å². The van der Waals surface area contributed by atoms with E-state index >= 15 is 0 Å². The number of hydrogen-bond acceptors (Lipinski definition) is 2. The van der Waals surface area contributed by atoms with Gasteiger partial charge in [0.2, 0.25) is 0 Å². The van der Waals surface area contributed by atoms with Gasteiger partial charge in [0.1, 0.15) is 6.04 Å². The van der Waals surface area contributed by atoms with Crippen LogP contribution in [0.2, 0.25) is 0 Å². The molecule has 0 spiro atoms. The maximum Gasteiger partial charge on any atom is 0.101 e. The molecule has 2 atom stereocenters. The highest BCUT2D eigenvalue weighted by atomic mass is 15.1. The third kappa shape index (κ3) is 2.39. The molecule has 2 aromatic rings. The van der Waals surface area contributed by atoms with Gasteiger partial charge in [-0.25, -0.2) is 0 Å². The standard InChI is InChI=1S/C17H18N2/c1-2-15-18-16(13-9-5-3-6-10-13)17(19-15)14-11-7-4-8-12-14/h3-12,16-17H,2H2,1H3,(H,18,19)/t16-,17-/m1/s1. The molecule has 0 radical (unpaired) electrons. The summed E-state index contributed by atoms with van der Waals surface area (Å²) in [6, 6.07) is 21.5. The number of amidine groups is 1. The van der Waals surface area contributed by atoms with Gasteiger partial charge in [0.25, 0.3) is 0 Å². The molecule has 0 aliphatic carbocycles. The highest BCUT2D eigenvalue weighted by Crippen LogP contribution is 2.36. The van der Waals surface area contributed by atoms with Crippen molar-refractivity contribution in [3.63, 3.8) is 0 Å². The van der Waals surface area contributed by atoms with Crippen molar-refractivity contribution in [2.75, 3.05) is 0 Å². The van der Waals surface area contributed by atoms with Crippen LogP contribution in [0, 0.1) is 0 Å². The number of aliphatic imine (C=N–C) groups is 1. The van der Waals surface area contributed by atoms with Gasteiger partial charge in [-0.1, -0.05) is 67.6 Å². The lowest BCUT2D eigenvalue weighted by Crippen LogP contribution is -2.23. The molecule has 2 nitrogen and oxygen atoms in total. The maximum absolute atomic E-state index is 4.84. The smallest absolute Gasteiger partial charge is 0.101 e. The molecule has 0 unspecified atom stereocenters. The average molecular weight is 250 g/mol. The molecule has 1 heterocycles. The third-order valence-electron chi connectivity index (χ3n) is 3.57. The van der Waals surface area contributed by atoms with E-state index in [4.69, 9.17) is 4.99 Å². The summed E-state index contributed by atoms with van der Waals surface area (Å²) in [5, 5.41) is 3.56.